The molecule has 0 atom stereocenters. The van der Waals surface area contributed by atoms with E-state index in [-0.39, 0.29) is 21.9 Å². The summed E-state index contributed by atoms with van der Waals surface area (Å²) < 4.78 is 27.1. The molecule has 3 rings (SSSR count). The molecule has 0 aliphatic carbocycles. The highest BCUT2D eigenvalue weighted by Crippen LogP contribution is 2.25. The molecule has 1 amide bonds. The van der Waals surface area contributed by atoms with Crippen molar-refractivity contribution in [3.8, 4) is 0 Å². The molecular formula is C19H18Cl2N4O3S3. The van der Waals surface area contributed by atoms with Gasteiger partial charge < -0.3 is 0 Å². The molecule has 0 saturated heterocycles. The number of amides is 1. The highest BCUT2D eigenvalue weighted by Gasteiger charge is 2.20. The van der Waals surface area contributed by atoms with Gasteiger partial charge in [-0.2, -0.15) is 11.8 Å². The third-order valence-electron chi connectivity index (χ3n) is 3.95. The summed E-state index contributed by atoms with van der Waals surface area (Å²) >= 11 is 14.3. The van der Waals surface area contributed by atoms with E-state index < -0.39 is 10.0 Å². The summed E-state index contributed by atoms with van der Waals surface area (Å²) in [6.45, 7) is 2.09. The van der Waals surface area contributed by atoms with E-state index in [0.29, 0.717) is 27.1 Å². The minimum Gasteiger partial charge on any atom is -0.296 e. The van der Waals surface area contributed by atoms with E-state index in [0.717, 1.165) is 22.5 Å². The molecule has 0 unspecified atom stereocenters. The quantitative estimate of drug-likeness (QED) is 0.318. The summed E-state index contributed by atoms with van der Waals surface area (Å²) in [5.74, 6) is 0.786. The first-order valence-electron chi connectivity index (χ1n) is 8.97. The Hall–Kier alpha value is -1.69. The number of rotatable bonds is 9. The minimum absolute atomic E-state index is 0.110. The Balaban J connectivity index is 1.49. The molecule has 0 spiro atoms. The number of nitrogens with one attached hydrogen (secondary N) is 2. The van der Waals surface area contributed by atoms with E-state index in [1.54, 1.807) is 30.3 Å². The fourth-order valence-corrected chi connectivity index (χ4v) is 5.97. The molecule has 2 N–H and O–H groups in total. The van der Waals surface area contributed by atoms with Crippen molar-refractivity contribution in [3.05, 3.63) is 69.2 Å². The van der Waals surface area contributed by atoms with Crippen molar-refractivity contribution < 1.29 is 13.2 Å². The summed E-state index contributed by atoms with van der Waals surface area (Å²) in [4.78, 5) is 12.3. The molecule has 7 nitrogen and oxygen atoms in total. The molecule has 0 aliphatic rings. The van der Waals surface area contributed by atoms with Crippen LogP contribution in [-0.2, 0) is 15.8 Å². The van der Waals surface area contributed by atoms with Gasteiger partial charge in [-0.15, -0.1) is 10.2 Å². The zero-order chi connectivity index (χ0) is 22.4. The number of carbonyl (C=O) groups excluding carboxylic acids is 1. The van der Waals surface area contributed by atoms with Gasteiger partial charge in [-0.3, -0.25) is 10.1 Å². The number of carbonyl (C=O) groups is 1. The Morgan fingerprint density at radius 2 is 1.97 bits per heavy atom. The van der Waals surface area contributed by atoms with Gasteiger partial charge in [-0.05, 0) is 36.8 Å². The van der Waals surface area contributed by atoms with Crippen molar-refractivity contribution in [1.29, 1.82) is 0 Å². The largest absolute Gasteiger partial charge is 0.296 e. The lowest BCUT2D eigenvalue weighted by Gasteiger charge is -2.06. The van der Waals surface area contributed by atoms with Crippen LogP contribution >= 0.6 is 46.3 Å². The van der Waals surface area contributed by atoms with E-state index >= 15 is 0 Å². The van der Waals surface area contributed by atoms with Crippen LogP contribution in [0.2, 0.25) is 10.0 Å². The van der Waals surface area contributed by atoms with E-state index in [2.05, 4.69) is 20.2 Å². The van der Waals surface area contributed by atoms with Crippen molar-refractivity contribution >= 4 is 67.4 Å². The van der Waals surface area contributed by atoms with E-state index in [1.807, 2.05) is 19.1 Å². The first-order valence-corrected chi connectivity index (χ1v) is 13.2. The van der Waals surface area contributed by atoms with Gasteiger partial charge in [-0.25, -0.2) is 13.1 Å². The summed E-state index contributed by atoms with van der Waals surface area (Å²) in [6, 6.07) is 12.3. The first kappa shape index (κ1) is 24.0. The fourth-order valence-electron chi connectivity index (χ4n) is 2.46. The molecule has 1 heterocycles. The van der Waals surface area contributed by atoms with Crippen LogP contribution in [-0.4, -0.2) is 36.8 Å². The second-order valence-electron chi connectivity index (χ2n) is 6.38. The molecule has 164 valence electrons. The molecule has 2 aromatic carbocycles. The Morgan fingerprint density at radius 3 is 2.71 bits per heavy atom. The third kappa shape index (κ3) is 6.90. The number of anilines is 1. The normalized spacial score (nSPS) is 11.5. The van der Waals surface area contributed by atoms with Crippen molar-refractivity contribution in [2.45, 2.75) is 17.0 Å². The average molecular weight is 517 g/mol. The van der Waals surface area contributed by atoms with Crippen LogP contribution in [0, 0.1) is 6.92 Å². The third-order valence-corrected chi connectivity index (χ3v) is 8.21. The van der Waals surface area contributed by atoms with Crippen LogP contribution in [0.1, 0.15) is 21.5 Å². The van der Waals surface area contributed by atoms with Crippen molar-refractivity contribution in [2.75, 3.05) is 17.6 Å². The number of halogens is 2. The molecule has 3 aromatic rings. The Kier molecular flexibility index (Phi) is 8.31. The number of aryl methyl sites for hydroxylation is 1. The Bertz CT molecular complexity index is 1190. The maximum Gasteiger partial charge on any atom is 0.269 e. The van der Waals surface area contributed by atoms with Crippen LogP contribution in [0.3, 0.4) is 0 Å². The summed E-state index contributed by atoms with van der Waals surface area (Å²) in [5, 5.41) is 11.3. The number of aromatic nitrogens is 2. The number of nitrogens with zero attached hydrogens (tertiary/aromatic N) is 2. The molecule has 12 heteroatoms. The lowest BCUT2D eigenvalue weighted by atomic mass is 10.1. The van der Waals surface area contributed by atoms with Gasteiger partial charge in [0.05, 0.1) is 0 Å². The van der Waals surface area contributed by atoms with Crippen LogP contribution in [0.4, 0.5) is 5.13 Å². The standard InChI is InChI=1S/C19H18Cl2N4O3S3/c1-12-3-2-4-13(9-12)17(26)23-18-24-25-19(30-18)31(27,28)22-7-8-29-11-14-5-6-15(20)10-16(14)21/h2-6,9-10,22H,7-8,11H2,1H3,(H,23,24,26). The lowest BCUT2D eigenvalue weighted by Crippen LogP contribution is -2.26. The van der Waals surface area contributed by atoms with Gasteiger partial charge in [0.1, 0.15) is 0 Å². The maximum atomic E-state index is 12.4. The Labute approximate surface area is 198 Å². The van der Waals surface area contributed by atoms with E-state index in [9.17, 15) is 13.2 Å². The Morgan fingerprint density at radius 1 is 1.16 bits per heavy atom. The van der Waals surface area contributed by atoms with Crippen molar-refractivity contribution in [3.63, 3.8) is 0 Å². The van der Waals surface area contributed by atoms with Gasteiger partial charge in [0.15, 0.2) is 0 Å². The van der Waals surface area contributed by atoms with Crippen molar-refractivity contribution in [1.82, 2.24) is 14.9 Å². The number of thioether (sulfide) groups is 1. The summed E-state index contributed by atoms with van der Waals surface area (Å²) in [5.41, 5.74) is 2.32. The summed E-state index contributed by atoms with van der Waals surface area (Å²) in [7, 11) is -3.82. The minimum atomic E-state index is -3.82. The maximum absolute atomic E-state index is 12.4. The zero-order valence-corrected chi connectivity index (χ0v) is 20.2. The molecule has 0 bridgehead atoms. The second-order valence-corrected chi connectivity index (χ2v) is 11.2. The molecule has 0 radical (unpaired) electrons. The molecule has 0 aliphatic heterocycles. The van der Waals surface area contributed by atoms with Crippen LogP contribution in [0.5, 0.6) is 0 Å². The molecule has 31 heavy (non-hydrogen) atoms. The van der Waals surface area contributed by atoms with Crippen LogP contribution in [0.15, 0.2) is 46.8 Å². The second kappa shape index (κ2) is 10.8. The topological polar surface area (TPSA) is 101 Å². The average Bonchev–Trinajstić information content (AvgIpc) is 3.18. The highest BCUT2D eigenvalue weighted by molar-refractivity contribution is 7.98. The van der Waals surface area contributed by atoms with Gasteiger partial charge in [-0.1, -0.05) is 58.3 Å². The number of hydrogen-bond acceptors (Lipinski definition) is 7. The number of hydrogen-bond donors (Lipinski definition) is 2. The highest BCUT2D eigenvalue weighted by atomic mass is 35.5. The predicted molar refractivity (Wildman–Crippen MR) is 127 cm³/mol. The van der Waals surface area contributed by atoms with E-state index in [4.69, 9.17) is 23.2 Å². The van der Waals surface area contributed by atoms with Gasteiger partial charge in [0, 0.05) is 33.7 Å². The van der Waals surface area contributed by atoms with Crippen molar-refractivity contribution in [2.24, 2.45) is 0 Å². The van der Waals surface area contributed by atoms with Gasteiger partial charge in [0.25, 0.3) is 15.9 Å². The van der Waals surface area contributed by atoms with Crippen LogP contribution < -0.4 is 10.0 Å². The SMILES string of the molecule is Cc1cccc(C(=O)Nc2nnc(S(=O)(=O)NCCSCc3ccc(Cl)cc3Cl)s2)c1. The smallest absolute Gasteiger partial charge is 0.269 e. The number of benzene rings is 2. The molecule has 0 saturated carbocycles. The lowest BCUT2D eigenvalue weighted by molar-refractivity contribution is 0.102. The van der Waals surface area contributed by atoms with Gasteiger partial charge >= 0.3 is 0 Å². The van der Waals surface area contributed by atoms with Crippen LogP contribution in [0.25, 0.3) is 0 Å². The first-order chi connectivity index (χ1) is 14.7. The predicted octanol–water partition coefficient (Wildman–Crippen LogP) is 4.62. The molecule has 1 aromatic heterocycles. The van der Waals surface area contributed by atoms with Gasteiger partial charge in [0.2, 0.25) is 9.47 Å². The monoisotopic (exact) mass is 516 g/mol. The molecular weight excluding hydrogens is 499 g/mol. The summed E-state index contributed by atoms with van der Waals surface area (Å²) in [6.07, 6.45) is 0. The van der Waals surface area contributed by atoms with E-state index in [1.165, 1.54) is 11.8 Å². The zero-order valence-electron chi connectivity index (χ0n) is 16.3. The fraction of sp³-hybridized carbons (Fsp3) is 0.211. The number of sulfonamides is 1. The molecule has 0 fully saturated rings.